The Bertz CT molecular complexity index is 933. The van der Waals surface area contributed by atoms with Crippen molar-refractivity contribution in [1.29, 1.82) is 0 Å². The lowest BCUT2D eigenvalue weighted by Crippen LogP contribution is -2.49. The number of fused-ring (bicyclic) bond motifs is 1. The molecule has 9 heteroatoms. The molecule has 1 aromatic heterocycles. The lowest BCUT2D eigenvalue weighted by atomic mass is 9.81. The fourth-order valence-electron chi connectivity index (χ4n) is 3.61. The maximum atomic E-state index is 13.7. The first kappa shape index (κ1) is 18.8. The lowest BCUT2D eigenvalue weighted by Gasteiger charge is -2.42. The first-order valence-electron chi connectivity index (χ1n) is 8.44. The van der Waals surface area contributed by atoms with Crippen LogP contribution in [0.4, 0.5) is 13.6 Å². The van der Waals surface area contributed by atoms with E-state index >= 15 is 0 Å². The summed E-state index contributed by atoms with van der Waals surface area (Å²) in [5.41, 5.74) is 11.6. The first-order chi connectivity index (χ1) is 12.5. The maximum Gasteiger partial charge on any atom is 0.315 e. The summed E-state index contributed by atoms with van der Waals surface area (Å²) in [6.45, 7) is 6.31. The van der Waals surface area contributed by atoms with Crippen molar-refractivity contribution in [1.82, 2.24) is 14.7 Å². The number of hydrogen-bond donors (Lipinski definition) is 2. The van der Waals surface area contributed by atoms with E-state index < -0.39 is 35.0 Å². The number of amides is 3. The van der Waals surface area contributed by atoms with E-state index in [0.29, 0.717) is 18.8 Å². The zero-order valence-electron chi connectivity index (χ0n) is 15.3. The second-order valence-corrected chi connectivity index (χ2v) is 7.63. The average molecular weight is 377 g/mol. The van der Waals surface area contributed by atoms with Crippen LogP contribution in [0.1, 0.15) is 42.9 Å². The van der Waals surface area contributed by atoms with Gasteiger partial charge in [0.1, 0.15) is 5.69 Å². The van der Waals surface area contributed by atoms with E-state index in [1.165, 1.54) is 11.0 Å². The minimum Gasteiger partial charge on any atom is -0.365 e. The largest absolute Gasteiger partial charge is 0.365 e. The second kappa shape index (κ2) is 6.33. The molecular formula is C18H21F2N5O2. The molecule has 1 aliphatic rings. The van der Waals surface area contributed by atoms with Crippen molar-refractivity contribution < 1.29 is 18.4 Å². The average Bonchev–Trinajstić information content (AvgIpc) is 2.94. The molecule has 4 N–H and O–H groups in total. The Balaban J connectivity index is 2.28. The molecule has 1 atom stereocenters. The molecule has 3 amide bonds. The normalized spacial score (nSPS) is 16.9. The molecule has 0 saturated heterocycles. The highest BCUT2D eigenvalue weighted by molar-refractivity contribution is 6.00. The molecule has 3 rings (SSSR count). The molecule has 27 heavy (non-hydrogen) atoms. The number of hydrogen-bond acceptors (Lipinski definition) is 3. The molecule has 144 valence electrons. The van der Waals surface area contributed by atoms with Crippen LogP contribution in [-0.2, 0) is 6.54 Å². The van der Waals surface area contributed by atoms with Crippen LogP contribution in [-0.4, -0.2) is 33.2 Å². The van der Waals surface area contributed by atoms with Crippen LogP contribution < -0.4 is 11.5 Å². The van der Waals surface area contributed by atoms with Gasteiger partial charge >= 0.3 is 6.03 Å². The number of nitrogens with two attached hydrogens (primary N) is 2. The van der Waals surface area contributed by atoms with Crippen LogP contribution in [0.15, 0.2) is 18.2 Å². The van der Waals surface area contributed by atoms with E-state index in [1.54, 1.807) is 4.68 Å². The van der Waals surface area contributed by atoms with Gasteiger partial charge in [-0.25, -0.2) is 13.6 Å². The summed E-state index contributed by atoms with van der Waals surface area (Å²) in [4.78, 5) is 25.7. The minimum atomic E-state index is -1.06. The number of carbonyl (C=O) groups excluding carboxylic acids is 2. The Hall–Kier alpha value is -2.97. The summed E-state index contributed by atoms with van der Waals surface area (Å²) in [5.74, 6) is -2.83. The van der Waals surface area contributed by atoms with Gasteiger partial charge in [-0.05, 0) is 23.6 Å². The molecule has 1 aliphatic heterocycles. The van der Waals surface area contributed by atoms with Gasteiger partial charge in [0.15, 0.2) is 11.6 Å². The van der Waals surface area contributed by atoms with Crippen molar-refractivity contribution >= 4 is 11.9 Å². The van der Waals surface area contributed by atoms with Crippen molar-refractivity contribution in [3.8, 4) is 11.3 Å². The van der Waals surface area contributed by atoms with Crippen molar-refractivity contribution in [2.24, 2.45) is 16.9 Å². The highest BCUT2D eigenvalue weighted by atomic mass is 19.2. The number of benzene rings is 1. The van der Waals surface area contributed by atoms with Gasteiger partial charge < -0.3 is 16.4 Å². The smallest absolute Gasteiger partial charge is 0.315 e. The molecule has 0 saturated carbocycles. The van der Waals surface area contributed by atoms with E-state index in [2.05, 4.69) is 5.10 Å². The van der Waals surface area contributed by atoms with Gasteiger partial charge in [-0.15, -0.1) is 0 Å². The minimum absolute atomic E-state index is 0.0758. The number of primary amides is 2. The van der Waals surface area contributed by atoms with Crippen LogP contribution in [0.25, 0.3) is 11.3 Å². The topological polar surface area (TPSA) is 107 Å². The molecule has 0 fully saturated rings. The molecular weight excluding hydrogens is 356 g/mol. The van der Waals surface area contributed by atoms with Crippen LogP contribution >= 0.6 is 0 Å². The van der Waals surface area contributed by atoms with E-state index in [0.717, 1.165) is 12.1 Å². The van der Waals surface area contributed by atoms with Gasteiger partial charge in [-0.2, -0.15) is 5.10 Å². The Morgan fingerprint density at radius 3 is 2.33 bits per heavy atom. The van der Waals surface area contributed by atoms with Crippen molar-refractivity contribution in [3.05, 3.63) is 41.1 Å². The summed E-state index contributed by atoms with van der Waals surface area (Å²) in [5, 5.41) is 4.42. The van der Waals surface area contributed by atoms with Crippen molar-refractivity contribution in [2.75, 3.05) is 6.54 Å². The predicted molar refractivity (Wildman–Crippen MR) is 94.6 cm³/mol. The van der Waals surface area contributed by atoms with Crippen LogP contribution in [0.3, 0.4) is 0 Å². The summed E-state index contributed by atoms with van der Waals surface area (Å²) in [7, 11) is 0. The van der Waals surface area contributed by atoms with E-state index in [4.69, 9.17) is 11.5 Å². The maximum absolute atomic E-state index is 13.7. The third-order valence-electron chi connectivity index (χ3n) is 4.66. The standard InChI is InChI=1S/C18H21F2N5O2/c1-18(2,3)15-14-12(16(21)26)13(9-4-5-10(19)11(20)8-9)23-25(14)7-6-24(15)17(22)27/h4-5,8,15H,6-7H2,1-3H3,(H2,21,26)(H2,22,27). The molecule has 1 unspecified atom stereocenters. The number of carbonyl (C=O) groups is 2. The number of nitrogens with zero attached hydrogens (tertiary/aromatic N) is 3. The van der Waals surface area contributed by atoms with Gasteiger partial charge in [0.2, 0.25) is 0 Å². The molecule has 2 aromatic rings. The molecule has 0 bridgehead atoms. The van der Waals surface area contributed by atoms with Crippen molar-refractivity contribution in [2.45, 2.75) is 33.4 Å². The Morgan fingerprint density at radius 2 is 1.81 bits per heavy atom. The lowest BCUT2D eigenvalue weighted by molar-refractivity contribution is 0.0899. The zero-order chi connectivity index (χ0) is 20.1. The zero-order valence-corrected chi connectivity index (χ0v) is 15.3. The van der Waals surface area contributed by atoms with Gasteiger partial charge in [0.25, 0.3) is 5.91 Å². The highest BCUT2D eigenvalue weighted by Gasteiger charge is 2.42. The summed E-state index contributed by atoms with van der Waals surface area (Å²) >= 11 is 0. The summed E-state index contributed by atoms with van der Waals surface area (Å²) in [6, 6.07) is 2.08. The molecule has 0 spiro atoms. The Morgan fingerprint density at radius 1 is 1.15 bits per heavy atom. The Kier molecular flexibility index (Phi) is 4.41. The molecule has 0 radical (unpaired) electrons. The fraction of sp³-hybridized carbons (Fsp3) is 0.389. The molecule has 0 aliphatic carbocycles. The second-order valence-electron chi connectivity index (χ2n) is 7.63. The summed E-state index contributed by atoms with van der Waals surface area (Å²) < 4.78 is 28.6. The third-order valence-corrected chi connectivity index (χ3v) is 4.66. The molecule has 1 aromatic carbocycles. The van der Waals surface area contributed by atoms with Crippen LogP contribution in [0, 0.1) is 17.0 Å². The number of aromatic nitrogens is 2. The van der Waals surface area contributed by atoms with Gasteiger partial charge in [-0.3, -0.25) is 9.48 Å². The number of rotatable bonds is 2. The summed E-state index contributed by atoms with van der Waals surface area (Å²) in [6.07, 6.45) is 0. The number of halogens is 2. The van der Waals surface area contributed by atoms with Gasteiger partial charge in [0.05, 0.1) is 23.8 Å². The monoisotopic (exact) mass is 377 g/mol. The van der Waals surface area contributed by atoms with Crippen LogP contribution in [0.5, 0.6) is 0 Å². The third kappa shape index (κ3) is 3.13. The van der Waals surface area contributed by atoms with Gasteiger partial charge in [-0.1, -0.05) is 20.8 Å². The predicted octanol–water partition coefficient (Wildman–Crippen LogP) is 2.41. The van der Waals surface area contributed by atoms with E-state index in [9.17, 15) is 18.4 Å². The Labute approximate surface area is 154 Å². The van der Waals surface area contributed by atoms with Gasteiger partial charge in [0, 0.05) is 12.1 Å². The van der Waals surface area contributed by atoms with E-state index in [1.807, 2.05) is 20.8 Å². The quantitative estimate of drug-likeness (QED) is 0.839. The highest BCUT2D eigenvalue weighted by Crippen LogP contribution is 2.43. The van der Waals surface area contributed by atoms with Crippen molar-refractivity contribution in [3.63, 3.8) is 0 Å². The fourth-order valence-corrected chi connectivity index (χ4v) is 3.61. The molecule has 2 heterocycles. The van der Waals surface area contributed by atoms with Crippen LogP contribution in [0.2, 0.25) is 0 Å². The first-order valence-corrected chi connectivity index (χ1v) is 8.44. The van der Waals surface area contributed by atoms with E-state index in [-0.39, 0.29) is 16.8 Å². The molecule has 7 nitrogen and oxygen atoms in total. The number of urea groups is 1. The SMILES string of the molecule is CC(C)(C)C1c2c(C(N)=O)c(-c3ccc(F)c(F)c3)nn2CCN1C(N)=O.